The molecule has 0 bridgehead atoms. The summed E-state index contributed by atoms with van der Waals surface area (Å²) in [5, 5.41) is 11.0. The number of nitro benzene ring substituents is 1. The Bertz CT molecular complexity index is 1380. The average Bonchev–Trinajstić information content (AvgIpc) is 3.33. The third-order valence-corrected chi connectivity index (χ3v) is 12.3. The summed E-state index contributed by atoms with van der Waals surface area (Å²) in [6.07, 6.45) is 30.5. The molecule has 0 heterocycles. The summed E-state index contributed by atoms with van der Waals surface area (Å²) in [6, 6.07) is 4.87. The van der Waals surface area contributed by atoms with Crippen LogP contribution in [0.25, 0.3) is 0 Å². The van der Waals surface area contributed by atoms with Gasteiger partial charge in [-0.3, -0.25) is 29.3 Å². The largest absolute Gasteiger partial charge is 0.513 e. The molecule has 1 aromatic carbocycles. The van der Waals surface area contributed by atoms with Gasteiger partial charge in [-0.05, 0) is 76.3 Å². The highest BCUT2D eigenvalue weighted by molar-refractivity contribution is 5.73. The van der Waals surface area contributed by atoms with Crippen molar-refractivity contribution in [1.29, 1.82) is 0 Å². The van der Waals surface area contributed by atoms with Crippen LogP contribution in [0.15, 0.2) is 24.3 Å². The summed E-state index contributed by atoms with van der Waals surface area (Å²) in [5.41, 5.74) is -0.180. The van der Waals surface area contributed by atoms with Gasteiger partial charge < -0.3 is 28.4 Å². The van der Waals surface area contributed by atoms with Gasteiger partial charge in [0.25, 0.3) is 5.69 Å². The van der Waals surface area contributed by atoms with Crippen LogP contribution < -0.4 is 4.74 Å². The van der Waals surface area contributed by atoms with E-state index in [-0.39, 0.29) is 93.9 Å². The summed E-state index contributed by atoms with van der Waals surface area (Å²) in [7, 11) is 0. The molecule has 0 aliphatic carbocycles. The number of rotatable bonds is 46. The Morgan fingerprint density at radius 1 is 0.435 bits per heavy atom. The minimum Gasteiger partial charge on any atom is -0.465 e. The van der Waals surface area contributed by atoms with Gasteiger partial charge in [0.2, 0.25) is 0 Å². The van der Waals surface area contributed by atoms with Gasteiger partial charge in [0.15, 0.2) is 0 Å². The number of nitro groups is 1. The predicted molar refractivity (Wildman–Crippen MR) is 270 cm³/mol. The van der Waals surface area contributed by atoms with E-state index >= 15 is 0 Å². The molecule has 0 saturated heterocycles. The van der Waals surface area contributed by atoms with E-state index in [0.717, 1.165) is 77.0 Å². The van der Waals surface area contributed by atoms with Crippen molar-refractivity contribution in [1.82, 2.24) is 0 Å². The first-order valence-electron chi connectivity index (χ1n) is 27.3. The summed E-state index contributed by atoms with van der Waals surface area (Å²) >= 11 is 0. The number of carbonyl (C=O) groups excluding carboxylic acids is 5. The lowest BCUT2D eigenvalue weighted by Gasteiger charge is -2.19. The zero-order valence-electron chi connectivity index (χ0n) is 43.5. The Morgan fingerprint density at radius 3 is 1.10 bits per heavy atom. The Morgan fingerprint density at radius 2 is 0.754 bits per heavy atom. The van der Waals surface area contributed by atoms with Crippen LogP contribution in [0.4, 0.5) is 10.5 Å². The maximum absolute atomic E-state index is 12.9. The molecule has 0 amide bonds. The van der Waals surface area contributed by atoms with E-state index in [2.05, 4.69) is 27.7 Å². The zero-order valence-corrected chi connectivity index (χ0v) is 43.5. The number of carbonyl (C=O) groups is 5. The van der Waals surface area contributed by atoms with Crippen molar-refractivity contribution in [3.8, 4) is 5.75 Å². The molecule has 0 aromatic heterocycles. The van der Waals surface area contributed by atoms with Crippen LogP contribution in [-0.2, 0) is 42.9 Å². The Hall–Kier alpha value is -4.23. The van der Waals surface area contributed by atoms with E-state index in [1.165, 1.54) is 127 Å². The molecule has 69 heavy (non-hydrogen) atoms. The molecule has 0 atom stereocenters. The summed E-state index contributed by atoms with van der Waals surface area (Å²) in [5.74, 6) is -2.56. The molecule has 1 rings (SSSR count). The molecular weight excluding hydrogens is 883 g/mol. The van der Waals surface area contributed by atoms with Gasteiger partial charge in [-0.2, -0.15) is 0 Å². The zero-order chi connectivity index (χ0) is 50.6. The van der Waals surface area contributed by atoms with E-state index < -0.39 is 28.9 Å². The maximum atomic E-state index is 12.9. The molecule has 14 nitrogen and oxygen atoms in total. The van der Waals surface area contributed by atoms with Gasteiger partial charge in [-0.25, -0.2) is 4.79 Å². The molecule has 0 spiro atoms. The van der Waals surface area contributed by atoms with Crippen LogP contribution >= 0.6 is 0 Å². The summed E-state index contributed by atoms with van der Waals surface area (Å²) in [4.78, 5) is 74.4. The molecule has 0 saturated carbocycles. The van der Waals surface area contributed by atoms with E-state index in [9.17, 15) is 34.1 Å². The lowest BCUT2D eigenvalue weighted by Crippen LogP contribution is -2.27. The van der Waals surface area contributed by atoms with Gasteiger partial charge in [0, 0.05) is 37.8 Å². The molecule has 14 heteroatoms. The molecule has 0 fully saturated rings. The van der Waals surface area contributed by atoms with Crippen LogP contribution in [0.5, 0.6) is 5.75 Å². The SMILES string of the molecule is CCCCCCCCC(CCCCCCCC)OC(=O)CCCC(=O)OCC(COC(=O)CCCC(=O)OC(CCCCCCCC)CCCCCCCC)COC(=O)Oc1ccc([N+](=O)[O-])cc1. The number of benzene rings is 1. The molecule has 0 N–H and O–H groups in total. The van der Waals surface area contributed by atoms with Crippen LogP contribution in [-0.4, -0.2) is 67.0 Å². The maximum Gasteiger partial charge on any atom is 0.513 e. The van der Waals surface area contributed by atoms with Gasteiger partial charge in [0.05, 0.1) is 10.8 Å². The molecule has 0 unspecified atom stereocenters. The van der Waals surface area contributed by atoms with E-state index in [1.54, 1.807) is 0 Å². The second-order valence-electron chi connectivity index (χ2n) is 18.8. The summed E-state index contributed by atoms with van der Waals surface area (Å²) < 4.78 is 33.2. The lowest BCUT2D eigenvalue weighted by atomic mass is 10.0. The monoisotopic (exact) mass is 976 g/mol. The molecule has 1 aromatic rings. The fourth-order valence-corrected chi connectivity index (χ4v) is 8.04. The highest BCUT2D eigenvalue weighted by Gasteiger charge is 2.21. The second-order valence-corrected chi connectivity index (χ2v) is 18.8. The second kappa shape index (κ2) is 43.8. The fraction of sp³-hybridized carbons (Fsp3) is 0.800. The molecule has 0 radical (unpaired) electrons. The van der Waals surface area contributed by atoms with Gasteiger partial charge >= 0.3 is 30.0 Å². The fourth-order valence-electron chi connectivity index (χ4n) is 8.04. The first kappa shape index (κ1) is 62.8. The number of esters is 4. The minimum atomic E-state index is -1.11. The lowest BCUT2D eigenvalue weighted by molar-refractivity contribution is -0.384. The van der Waals surface area contributed by atoms with Gasteiger partial charge in [-0.15, -0.1) is 0 Å². The average molecular weight is 976 g/mol. The van der Waals surface area contributed by atoms with Crippen LogP contribution in [0.2, 0.25) is 0 Å². The van der Waals surface area contributed by atoms with Crippen molar-refractivity contribution in [3.63, 3.8) is 0 Å². The Kier molecular flexibility index (Phi) is 39.8. The topological polar surface area (TPSA) is 184 Å². The van der Waals surface area contributed by atoms with Crippen molar-refractivity contribution in [2.24, 2.45) is 5.92 Å². The number of unbranched alkanes of at least 4 members (excludes halogenated alkanes) is 20. The van der Waals surface area contributed by atoms with Crippen molar-refractivity contribution in [2.75, 3.05) is 19.8 Å². The first-order valence-corrected chi connectivity index (χ1v) is 27.3. The van der Waals surface area contributed by atoms with Crippen molar-refractivity contribution in [3.05, 3.63) is 34.4 Å². The standard InChI is InChI=1S/C55H93NO13/c1-5-9-13-17-21-25-31-48(32-26-22-18-14-10-6-2)67-53(59)37-29-35-51(57)64-43-46(45-66-55(61)69-50-41-39-47(40-42-50)56(62)63)44-65-52(58)36-30-38-54(60)68-49(33-27-23-19-15-11-7-3)34-28-24-20-16-12-8-4/h39-42,46,48-49H,5-38,43-45H2,1-4H3. The van der Waals surface area contributed by atoms with E-state index in [4.69, 9.17) is 28.4 Å². The molecule has 0 aliphatic rings. The van der Waals surface area contributed by atoms with E-state index in [1.807, 2.05) is 0 Å². The highest BCUT2D eigenvalue weighted by Crippen LogP contribution is 2.21. The predicted octanol–water partition coefficient (Wildman–Crippen LogP) is 15.0. The number of ether oxygens (including phenoxy) is 6. The van der Waals surface area contributed by atoms with Crippen molar-refractivity contribution < 1.29 is 57.3 Å². The molecule has 0 aliphatic heterocycles. The van der Waals surface area contributed by atoms with Gasteiger partial charge in [0.1, 0.15) is 37.8 Å². The number of non-ortho nitro benzene ring substituents is 1. The minimum absolute atomic E-state index is 0.0179. The molecular formula is C55H93NO13. The van der Waals surface area contributed by atoms with Gasteiger partial charge in [-0.1, -0.05) is 156 Å². The van der Waals surface area contributed by atoms with E-state index in [0.29, 0.717) is 0 Å². The Labute approximate surface area is 415 Å². The van der Waals surface area contributed by atoms with Crippen LogP contribution in [0, 0.1) is 16.0 Å². The van der Waals surface area contributed by atoms with Crippen LogP contribution in [0.3, 0.4) is 0 Å². The van der Waals surface area contributed by atoms with Crippen molar-refractivity contribution >= 4 is 35.7 Å². The smallest absolute Gasteiger partial charge is 0.465 e. The molecule has 396 valence electrons. The highest BCUT2D eigenvalue weighted by atomic mass is 16.7. The number of nitrogens with zero attached hydrogens (tertiary/aromatic N) is 1. The van der Waals surface area contributed by atoms with Crippen LogP contribution in [0.1, 0.15) is 246 Å². The third-order valence-electron chi connectivity index (χ3n) is 12.3. The Balaban J connectivity index is 2.73. The number of hydrogen-bond acceptors (Lipinski definition) is 13. The first-order chi connectivity index (χ1) is 33.5. The quantitative estimate of drug-likeness (QED) is 0.0150. The summed E-state index contributed by atoms with van der Waals surface area (Å²) in [6.45, 7) is 7.94. The third kappa shape index (κ3) is 37.3. The van der Waals surface area contributed by atoms with Crippen molar-refractivity contribution in [2.45, 2.75) is 258 Å². The number of hydrogen-bond donors (Lipinski definition) is 0. The normalized spacial score (nSPS) is 11.2.